The molecule has 2 aromatic heterocycles. The zero-order chi connectivity index (χ0) is 36.2. The fourth-order valence-corrected chi connectivity index (χ4v) is 8.30. The van der Waals surface area contributed by atoms with Crippen molar-refractivity contribution in [3.8, 4) is 33.6 Å². The van der Waals surface area contributed by atoms with Crippen molar-refractivity contribution in [3.05, 3.63) is 72.6 Å². The molecular weight excluding hydrogens is 654 g/mol. The van der Waals surface area contributed by atoms with Gasteiger partial charge in [-0.1, -0.05) is 75.2 Å². The summed E-state index contributed by atoms with van der Waals surface area (Å²) in [5.41, 5.74) is 6.15. The SMILES string of the molecule is COC(=O)N[C@H](C(=O)N1CCC[C@H]1c1ncc(-c2ccc(-c3ccc(-c4cnc([C@H]5CCCC[C@H]5C(=O)N5CCCCC5)[nH]4)cc3)cc2)[nH]1)C(C)C. The van der Waals surface area contributed by atoms with E-state index < -0.39 is 12.1 Å². The van der Waals surface area contributed by atoms with Crippen LogP contribution in [0.1, 0.15) is 95.2 Å². The van der Waals surface area contributed by atoms with Gasteiger partial charge in [0.05, 0.1) is 36.9 Å². The first kappa shape index (κ1) is 35.5. The number of aromatic amines is 2. The molecule has 3 aliphatic rings. The second-order valence-corrected chi connectivity index (χ2v) is 14.9. The van der Waals surface area contributed by atoms with Crippen LogP contribution in [0.15, 0.2) is 60.9 Å². The van der Waals surface area contributed by atoms with Crippen molar-refractivity contribution >= 4 is 17.9 Å². The Bertz CT molecular complexity index is 1840. The standard InChI is InChI=1S/C41H51N7O4/c1-26(2)36(46-41(51)52-3)40(50)48-23-9-12-35(48)38-43-25-34(45-38)30-19-15-28(16-20-30)27-13-17-29(18-14-27)33-24-42-37(44-33)31-10-5-6-11-32(31)39(49)47-21-7-4-8-22-47/h13-20,24-26,31-32,35-36H,4-12,21-23H2,1-3H3,(H,42,44)(H,43,45)(H,46,51)/t31-,32+,35-,36-/m0/s1. The lowest BCUT2D eigenvalue weighted by atomic mass is 9.77. The van der Waals surface area contributed by atoms with Crippen LogP contribution in [0.3, 0.4) is 0 Å². The number of rotatable bonds is 9. The summed E-state index contributed by atoms with van der Waals surface area (Å²) in [5.74, 6) is 1.96. The Balaban J connectivity index is 1.00. The predicted octanol–water partition coefficient (Wildman–Crippen LogP) is 7.46. The number of carbonyl (C=O) groups is 3. The lowest BCUT2D eigenvalue weighted by molar-refractivity contribution is -0.138. The zero-order valence-corrected chi connectivity index (χ0v) is 30.6. The molecule has 4 heterocycles. The minimum absolute atomic E-state index is 0.0190. The molecule has 0 spiro atoms. The molecule has 4 aromatic rings. The number of imidazole rings is 2. The number of piperidine rings is 1. The van der Waals surface area contributed by atoms with E-state index in [1.54, 1.807) is 0 Å². The first-order valence-corrected chi connectivity index (χ1v) is 19.1. The predicted molar refractivity (Wildman–Crippen MR) is 200 cm³/mol. The second-order valence-electron chi connectivity index (χ2n) is 14.9. The van der Waals surface area contributed by atoms with Crippen molar-refractivity contribution < 1.29 is 19.1 Å². The van der Waals surface area contributed by atoms with Crippen molar-refractivity contribution in [3.63, 3.8) is 0 Å². The minimum atomic E-state index is -0.670. The summed E-state index contributed by atoms with van der Waals surface area (Å²) in [6.45, 7) is 6.23. The number of amides is 3. The molecule has 7 rings (SSSR count). The van der Waals surface area contributed by atoms with Crippen molar-refractivity contribution in [2.24, 2.45) is 11.8 Å². The van der Waals surface area contributed by atoms with E-state index >= 15 is 0 Å². The van der Waals surface area contributed by atoms with Crippen molar-refractivity contribution in [1.82, 2.24) is 35.1 Å². The largest absolute Gasteiger partial charge is 0.453 e. The third kappa shape index (κ3) is 7.49. The van der Waals surface area contributed by atoms with Gasteiger partial charge in [0.1, 0.15) is 17.7 Å². The van der Waals surface area contributed by atoms with Crippen LogP contribution in [0.4, 0.5) is 4.79 Å². The third-order valence-corrected chi connectivity index (χ3v) is 11.3. The molecule has 2 aliphatic heterocycles. The van der Waals surface area contributed by atoms with Gasteiger partial charge in [0.15, 0.2) is 0 Å². The molecular formula is C41H51N7O4. The summed E-state index contributed by atoms with van der Waals surface area (Å²) in [4.78, 5) is 59.4. The third-order valence-electron chi connectivity index (χ3n) is 11.3. The smallest absolute Gasteiger partial charge is 0.407 e. The number of likely N-dealkylation sites (tertiary alicyclic amines) is 2. The first-order chi connectivity index (χ1) is 25.3. The molecule has 274 valence electrons. The molecule has 0 unspecified atom stereocenters. The fraction of sp³-hybridized carbons (Fsp3) is 0.488. The maximum Gasteiger partial charge on any atom is 0.407 e. The molecule has 0 radical (unpaired) electrons. The van der Waals surface area contributed by atoms with Gasteiger partial charge >= 0.3 is 6.09 Å². The van der Waals surface area contributed by atoms with Crippen LogP contribution in [-0.2, 0) is 14.3 Å². The van der Waals surface area contributed by atoms with Crippen molar-refractivity contribution in [2.45, 2.75) is 89.6 Å². The van der Waals surface area contributed by atoms with Gasteiger partial charge in [0, 0.05) is 31.5 Å². The normalized spacial score (nSPS) is 21.3. The van der Waals surface area contributed by atoms with Crippen LogP contribution in [0.2, 0.25) is 0 Å². The van der Waals surface area contributed by atoms with E-state index in [9.17, 15) is 14.4 Å². The summed E-state index contributed by atoms with van der Waals surface area (Å²) in [5, 5.41) is 2.70. The number of alkyl carbamates (subject to hydrolysis) is 1. The van der Waals surface area contributed by atoms with Gasteiger partial charge in [0.25, 0.3) is 0 Å². The quantitative estimate of drug-likeness (QED) is 0.165. The number of ether oxygens (including phenoxy) is 1. The molecule has 3 fully saturated rings. The van der Waals surface area contributed by atoms with Gasteiger partial charge in [-0.25, -0.2) is 14.8 Å². The highest BCUT2D eigenvalue weighted by Crippen LogP contribution is 2.39. The number of nitrogens with zero attached hydrogens (tertiary/aromatic N) is 4. The molecule has 1 aliphatic carbocycles. The highest BCUT2D eigenvalue weighted by Gasteiger charge is 2.38. The van der Waals surface area contributed by atoms with Gasteiger partial charge in [0.2, 0.25) is 11.8 Å². The second kappa shape index (κ2) is 15.8. The Morgan fingerprint density at radius 1 is 0.731 bits per heavy atom. The summed E-state index contributed by atoms with van der Waals surface area (Å²) in [6.07, 6.45) is 12.4. The van der Waals surface area contributed by atoms with E-state index in [-0.39, 0.29) is 29.7 Å². The summed E-state index contributed by atoms with van der Waals surface area (Å²) in [6, 6.07) is 16.0. The fourth-order valence-electron chi connectivity index (χ4n) is 8.30. The number of aromatic nitrogens is 4. The molecule has 0 bridgehead atoms. The number of hydrogen-bond donors (Lipinski definition) is 3. The number of benzene rings is 2. The van der Waals surface area contributed by atoms with E-state index in [1.165, 1.54) is 13.5 Å². The number of hydrogen-bond acceptors (Lipinski definition) is 6. The molecule has 52 heavy (non-hydrogen) atoms. The van der Waals surface area contributed by atoms with E-state index in [2.05, 4.69) is 73.7 Å². The molecule has 3 amide bonds. The van der Waals surface area contributed by atoms with E-state index in [0.29, 0.717) is 12.5 Å². The van der Waals surface area contributed by atoms with Crippen LogP contribution in [0, 0.1) is 11.8 Å². The maximum atomic E-state index is 13.5. The first-order valence-electron chi connectivity index (χ1n) is 19.1. The van der Waals surface area contributed by atoms with Crippen LogP contribution >= 0.6 is 0 Å². The Hall–Kier alpha value is -4.93. The summed E-state index contributed by atoms with van der Waals surface area (Å²) >= 11 is 0. The van der Waals surface area contributed by atoms with E-state index in [1.807, 2.05) is 31.1 Å². The number of H-pyrrole nitrogens is 2. The highest BCUT2D eigenvalue weighted by molar-refractivity contribution is 5.86. The van der Waals surface area contributed by atoms with E-state index in [0.717, 1.165) is 110 Å². The molecule has 4 atom stereocenters. The zero-order valence-electron chi connectivity index (χ0n) is 30.6. The van der Waals surface area contributed by atoms with E-state index in [4.69, 9.17) is 9.72 Å². The lowest BCUT2D eigenvalue weighted by Crippen LogP contribution is -2.51. The molecule has 2 saturated heterocycles. The Morgan fingerprint density at radius 3 is 1.92 bits per heavy atom. The molecule has 3 N–H and O–H groups in total. The maximum absolute atomic E-state index is 13.5. The van der Waals surface area contributed by atoms with Gasteiger partial charge in [-0.3, -0.25) is 9.59 Å². The lowest BCUT2D eigenvalue weighted by Gasteiger charge is -2.35. The monoisotopic (exact) mass is 705 g/mol. The average Bonchev–Trinajstić information content (AvgIpc) is 3.99. The topological polar surface area (TPSA) is 136 Å². The molecule has 2 aromatic carbocycles. The van der Waals surface area contributed by atoms with Crippen LogP contribution in [0.25, 0.3) is 33.6 Å². The van der Waals surface area contributed by atoms with Gasteiger partial charge in [-0.05, 0) is 73.1 Å². The molecule has 11 heteroatoms. The van der Waals surface area contributed by atoms with Crippen LogP contribution in [-0.4, -0.2) is 80.4 Å². The van der Waals surface area contributed by atoms with Crippen LogP contribution in [0.5, 0.6) is 0 Å². The van der Waals surface area contributed by atoms with Gasteiger partial charge < -0.3 is 29.8 Å². The Kier molecular flexibility index (Phi) is 10.7. The van der Waals surface area contributed by atoms with Crippen molar-refractivity contribution in [2.75, 3.05) is 26.7 Å². The van der Waals surface area contributed by atoms with Crippen molar-refractivity contribution in [1.29, 1.82) is 0 Å². The number of nitrogens with one attached hydrogen (secondary N) is 3. The number of methoxy groups -OCH3 is 1. The Morgan fingerprint density at radius 2 is 1.31 bits per heavy atom. The summed E-state index contributed by atoms with van der Waals surface area (Å²) in [7, 11) is 1.30. The molecule has 1 saturated carbocycles. The average molecular weight is 706 g/mol. The highest BCUT2D eigenvalue weighted by atomic mass is 16.5. The van der Waals surface area contributed by atoms with Gasteiger partial charge in [-0.2, -0.15) is 0 Å². The molecule has 11 nitrogen and oxygen atoms in total. The Labute approximate surface area is 306 Å². The number of carbonyl (C=O) groups excluding carboxylic acids is 3. The van der Waals surface area contributed by atoms with Gasteiger partial charge in [-0.15, -0.1) is 0 Å². The summed E-state index contributed by atoms with van der Waals surface area (Å²) < 4.78 is 4.76. The van der Waals surface area contributed by atoms with Crippen LogP contribution < -0.4 is 5.32 Å². The minimum Gasteiger partial charge on any atom is -0.453 e.